The van der Waals surface area contributed by atoms with E-state index >= 15 is 0 Å². The van der Waals surface area contributed by atoms with Crippen molar-refractivity contribution >= 4 is 22.6 Å². The van der Waals surface area contributed by atoms with Crippen LogP contribution in [-0.4, -0.2) is 22.9 Å². The highest BCUT2D eigenvalue weighted by Gasteiger charge is 2.28. The van der Waals surface area contributed by atoms with E-state index in [2.05, 4.69) is 34.6 Å². The van der Waals surface area contributed by atoms with Gasteiger partial charge >= 0.3 is 0 Å². The third-order valence-corrected chi connectivity index (χ3v) is 4.75. The molecule has 1 fully saturated rings. The molecule has 0 radical (unpaired) electrons. The van der Waals surface area contributed by atoms with Gasteiger partial charge in [0.1, 0.15) is 0 Å². The fraction of sp³-hybridized carbons (Fsp3) is 0.733. The van der Waals surface area contributed by atoms with Crippen molar-refractivity contribution in [1.29, 1.82) is 0 Å². The molecule has 1 heterocycles. The van der Waals surface area contributed by atoms with Gasteiger partial charge in [-0.2, -0.15) is 0 Å². The average molecular weight is 360 g/mol. The number of ether oxygens (including phenoxy) is 2. The first kappa shape index (κ1) is 14.4. The number of hydrogen-bond donors (Lipinski definition) is 0. The summed E-state index contributed by atoms with van der Waals surface area (Å²) in [4.78, 5) is 0. The quantitative estimate of drug-likeness (QED) is 0.328. The molecule has 0 aromatic rings. The first-order valence-electron chi connectivity index (χ1n) is 6.85. The fourth-order valence-electron chi connectivity index (χ4n) is 2.53. The molecule has 2 rings (SSSR count). The fourth-order valence-corrected chi connectivity index (χ4v) is 3.35. The topological polar surface area (TPSA) is 18.5 Å². The molecular formula is C15H21IO2. The predicted octanol–water partition coefficient (Wildman–Crippen LogP) is 3.84. The first-order valence-corrected chi connectivity index (χ1v) is 8.09. The lowest BCUT2D eigenvalue weighted by atomic mass is 9.94. The molecule has 3 atom stereocenters. The van der Waals surface area contributed by atoms with Crippen molar-refractivity contribution in [3.8, 4) is 12.3 Å². The number of hydrogen-bond acceptors (Lipinski definition) is 2. The van der Waals surface area contributed by atoms with E-state index < -0.39 is 0 Å². The molecular weight excluding hydrogens is 339 g/mol. The van der Waals surface area contributed by atoms with Gasteiger partial charge in [0.15, 0.2) is 6.29 Å². The monoisotopic (exact) mass is 360 g/mol. The highest BCUT2D eigenvalue weighted by atomic mass is 127. The van der Waals surface area contributed by atoms with Crippen LogP contribution in [0, 0.1) is 12.3 Å². The van der Waals surface area contributed by atoms with Crippen LogP contribution in [0.4, 0.5) is 0 Å². The van der Waals surface area contributed by atoms with Gasteiger partial charge in [-0.05, 0) is 44.1 Å². The molecule has 2 aliphatic rings. The Balaban J connectivity index is 1.96. The van der Waals surface area contributed by atoms with E-state index in [9.17, 15) is 0 Å². The number of allylic oxidation sites excluding steroid dienone is 1. The number of rotatable bonds is 4. The van der Waals surface area contributed by atoms with Crippen molar-refractivity contribution in [1.82, 2.24) is 0 Å². The number of alkyl halides is 1. The Morgan fingerprint density at radius 2 is 2.39 bits per heavy atom. The summed E-state index contributed by atoms with van der Waals surface area (Å²) in [5.74, 6) is 2.75. The third kappa shape index (κ3) is 3.97. The SMILES string of the molecule is C#CC[C@@H](O[C@@H]1OCCC[C@H]1I)C1=CCCCC1. The second-order valence-corrected chi connectivity index (χ2v) is 6.56. The Labute approximate surface area is 124 Å². The molecule has 0 N–H and O–H groups in total. The molecule has 0 saturated carbocycles. The van der Waals surface area contributed by atoms with Crippen LogP contribution in [-0.2, 0) is 9.47 Å². The van der Waals surface area contributed by atoms with Crippen LogP contribution < -0.4 is 0 Å². The Bertz CT molecular complexity index is 332. The molecule has 0 aromatic carbocycles. The molecule has 1 saturated heterocycles. The molecule has 3 heteroatoms. The zero-order chi connectivity index (χ0) is 12.8. The molecule has 0 amide bonds. The molecule has 2 nitrogen and oxygen atoms in total. The maximum Gasteiger partial charge on any atom is 0.170 e. The highest BCUT2D eigenvalue weighted by Crippen LogP contribution is 2.29. The van der Waals surface area contributed by atoms with Crippen molar-refractivity contribution in [2.75, 3.05) is 6.61 Å². The predicted molar refractivity (Wildman–Crippen MR) is 81.7 cm³/mol. The summed E-state index contributed by atoms with van der Waals surface area (Å²) in [5.41, 5.74) is 1.39. The largest absolute Gasteiger partial charge is 0.352 e. The van der Waals surface area contributed by atoms with E-state index in [1.165, 1.54) is 31.3 Å². The minimum Gasteiger partial charge on any atom is -0.352 e. The number of halogens is 1. The van der Waals surface area contributed by atoms with Gasteiger partial charge in [-0.1, -0.05) is 28.7 Å². The molecule has 18 heavy (non-hydrogen) atoms. The van der Waals surface area contributed by atoms with Crippen LogP contribution in [0.2, 0.25) is 0 Å². The van der Waals surface area contributed by atoms with Gasteiger partial charge in [-0.25, -0.2) is 0 Å². The number of terminal acetylenes is 1. The van der Waals surface area contributed by atoms with Gasteiger partial charge in [0.2, 0.25) is 0 Å². The maximum absolute atomic E-state index is 6.14. The van der Waals surface area contributed by atoms with Crippen LogP contribution >= 0.6 is 22.6 Å². The minimum absolute atomic E-state index is 0.0654. The van der Waals surface area contributed by atoms with E-state index in [1.807, 2.05) is 0 Å². The lowest BCUT2D eigenvalue weighted by Crippen LogP contribution is -2.36. The van der Waals surface area contributed by atoms with Crippen molar-refractivity contribution in [3.63, 3.8) is 0 Å². The molecule has 0 spiro atoms. The Kier molecular flexibility index (Phi) is 6.00. The Morgan fingerprint density at radius 3 is 3.06 bits per heavy atom. The summed E-state index contributed by atoms with van der Waals surface area (Å²) in [6.07, 6.45) is 15.6. The zero-order valence-electron chi connectivity index (χ0n) is 10.7. The van der Waals surface area contributed by atoms with Crippen molar-refractivity contribution in [2.24, 2.45) is 0 Å². The van der Waals surface area contributed by atoms with Crippen LogP contribution in [0.5, 0.6) is 0 Å². The first-order chi connectivity index (χ1) is 8.81. The molecule has 0 bridgehead atoms. The van der Waals surface area contributed by atoms with Gasteiger partial charge in [0.25, 0.3) is 0 Å². The third-order valence-electron chi connectivity index (χ3n) is 3.54. The highest BCUT2D eigenvalue weighted by molar-refractivity contribution is 14.1. The van der Waals surface area contributed by atoms with Gasteiger partial charge in [0.05, 0.1) is 10.0 Å². The van der Waals surface area contributed by atoms with Crippen molar-refractivity contribution < 1.29 is 9.47 Å². The lowest BCUT2D eigenvalue weighted by molar-refractivity contribution is -0.173. The van der Waals surface area contributed by atoms with Crippen LogP contribution in [0.1, 0.15) is 44.9 Å². The Hall–Kier alpha value is -0.0500. The van der Waals surface area contributed by atoms with Crippen LogP contribution in [0.15, 0.2) is 11.6 Å². The minimum atomic E-state index is -0.0828. The van der Waals surface area contributed by atoms with Gasteiger partial charge in [-0.15, -0.1) is 12.3 Å². The average Bonchev–Trinajstić information content (AvgIpc) is 2.42. The van der Waals surface area contributed by atoms with Gasteiger partial charge in [-0.3, -0.25) is 0 Å². The van der Waals surface area contributed by atoms with Crippen LogP contribution in [0.25, 0.3) is 0 Å². The molecule has 0 aromatic heterocycles. The van der Waals surface area contributed by atoms with Crippen LogP contribution in [0.3, 0.4) is 0 Å². The van der Waals surface area contributed by atoms with E-state index in [1.54, 1.807) is 0 Å². The zero-order valence-corrected chi connectivity index (χ0v) is 12.9. The summed E-state index contributed by atoms with van der Waals surface area (Å²) in [5, 5.41) is 0. The van der Waals surface area contributed by atoms with E-state index in [4.69, 9.17) is 15.9 Å². The second kappa shape index (κ2) is 7.52. The van der Waals surface area contributed by atoms with E-state index in [-0.39, 0.29) is 12.4 Å². The van der Waals surface area contributed by atoms with Gasteiger partial charge in [0, 0.05) is 13.0 Å². The molecule has 0 unspecified atom stereocenters. The van der Waals surface area contributed by atoms with Crippen molar-refractivity contribution in [2.45, 2.75) is 61.3 Å². The van der Waals surface area contributed by atoms with E-state index in [0.29, 0.717) is 10.3 Å². The van der Waals surface area contributed by atoms with Gasteiger partial charge < -0.3 is 9.47 Å². The Morgan fingerprint density at radius 1 is 1.50 bits per heavy atom. The maximum atomic E-state index is 6.14. The summed E-state index contributed by atoms with van der Waals surface area (Å²) >= 11 is 2.43. The smallest absolute Gasteiger partial charge is 0.170 e. The summed E-state index contributed by atoms with van der Waals surface area (Å²) < 4.78 is 12.3. The van der Waals surface area contributed by atoms with E-state index in [0.717, 1.165) is 19.4 Å². The summed E-state index contributed by atoms with van der Waals surface area (Å²) in [7, 11) is 0. The standard InChI is InChI=1S/C15H21IO2/c1-2-7-14(12-8-4-3-5-9-12)18-15-13(16)10-6-11-17-15/h1,8,13-15H,3-7,9-11H2/t13-,14-,15+/m1/s1. The molecule has 100 valence electrons. The molecule has 1 aliphatic carbocycles. The normalized spacial score (nSPS) is 30.3. The van der Waals surface area contributed by atoms with Crippen molar-refractivity contribution in [3.05, 3.63) is 11.6 Å². The summed E-state index contributed by atoms with van der Waals surface area (Å²) in [6.45, 7) is 0.811. The summed E-state index contributed by atoms with van der Waals surface area (Å²) in [6, 6.07) is 0. The second-order valence-electron chi connectivity index (χ2n) is 4.96. The molecule has 1 aliphatic heterocycles. The lowest BCUT2D eigenvalue weighted by Gasteiger charge is -2.32.